The maximum atomic E-state index is 13.4. The van der Waals surface area contributed by atoms with E-state index in [2.05, 4.69) is 0 Å². The molecule has 0 aliphatic carbocycles. The van der Waals surface area contributed by atoms with Crippen LogP contribution in [0.4, 0.5) is 28.9 Å². The second kappa shape index (κ2) is 10.5. The van der Waals surface area contributed by atoms with E-state index in [1.807, 2.05) is 0 Å². The zero-order valence-electron chi connectivity index (χ0n) is 17.6. The van der Waals surface area contributed by atoms with Crippen LogP contribution in [0.2, 0.25) is 0 Å². The Morgan fingerprint density at radius 3 is 1.03 bits per heavy atom. The molecule has 0 heterocycles. The fourth-order valence-corrected chi connectivity index (χ4v) is 3.41. The van der Waals surface area contributed by atoms with Gasteiger partial charge in [-0.3, -0.25) is 9.44 Å². The molecule has 0 unspecified atom stereocenters. The molecule has 0 fully saturated rings. The Morgan fingerprint density at radius 1 is 0.656 bits per heavy atom. The first-order valence-electron chi connectivity index (χ1n) is 8.86. The lowest BCUT2D eigenvalue weighted by Crippen LogP contribution is -2.14. The molecule has 0 spiro atoms. The summed E-state index contributed by atoms with van der Waals surface area (Å²) in [6.45, 7) is 3.13. The van der Waals surface area contributed by atoms with Crippen molar-refractivity contribution < 1.29 is 34.4 Å². The number of hydrogen-bond acceptors (Lipinski definition) is 6. The highest BCUT2D eigenvalue weighted by Gasteiger charge is 2.17. The van der Waals surface area contributed by atoms with E-state index in [0.717, 1.165) is 36.8 Å². The summed E-state index contributed by atoms with van der Waals surface area (Å²) < 4.78 is 100. The Bertz CT molecular complexity index is 1050. The Labute approximate surface area is 184 Å². The summed E-state index contributed by atoms with van der Waals surface area (Å²) in [6, 6.07) is 2.94. The summed E-state index contributed by atoms with van der Waals surface area (Å²) in [5.74, 6) is -3.95. The quantitative estimate of drug-likeness (QED) is 0.449. The lowest BCUT2D eigenvalue weighted by atomic mass is 10.1. The molecule has 2 atom stereocenters. The zero-order valence-corrected chi connectivity index (χ0v) is 19.2. The van der Waals surface area contributed by atoms with Crippen LogP contribution in [0.5, 0.6) is 0 Å². The van der Waals surface area contributed by atoms with Crippen LogP contribution in [0.25, 0.3) is 0 Å². The number of anilines is 2. The summed E-state index contributed by atoms with van der Waals surface area (Å²) >= 11 is 0. The summed E-state index contributed by atoms with van der Waals surface area (Å²) in [4.78, 5) is 0. The molecule has 8 nitrogen and oxygen atoms in total. The first kappa shape index (κ1) is 27.6. The third kappa shape index (κ3) is 8.61. The number of hydrogen-bond donors (Lipinski definition) is 4. The summed E-state index contributed by atoms with van der Waals surface area (Å²) in [5.41, 5.74) is 10.1. The van der Waals surface area contributed by atoms with Gasteiger partial charge < -0.3 is 11.5 Å². The average Bonchev–Trinajstić information content (AvgIpc) is 2.59. The van der Waals surface area contributed by atoms with Crippen molar-refractivity contribution >= 4 is 31.4 Å². The highest BCUT2D eigenvalue weighted by Crippen LogP contribution is 2.25. The molecule has 0 aliphatic heterocycles. The van der Waals surface area contributed by atoms with E-state index in [1.54, 1.807) is 23.3 Å². The largest absolute Gasteiger partial charge is 0.324 e. The van der Waals surface area contributed by atoms with Crippen molar-refractivity contribution in [2.24, 2.45) is 11.5 Å². The monoisotopic (exact) mass is 500 g/mol. The Kier molecular flexibility index (Phi) is 9.03. The first-order valence-corrected chi connectivity index (χ1v) is 12.6. The molecule has 2 aromatic carbocycles. The summed E-state index contributed by atoms with van der Waals surface area (Å²) in [6.07, 6.45) is 1.62. The Balaban J connectivity index is 0.000000320. The van der Waals surface area contributed by atoms with E-state index in [0.29, 0.717) is 0 Å². The second-order valence-corrected chi connectivity index (χ2v) is 10.5. The number of halogens is 4. The Hall–Kier alpha value is -2.42. The molecule has 2 aromatic rings. The van der Waals surface area contributed by atoms with Gasteiger partial charge in [0, 0.05) is 12.1 Å². The van der Waals surface area contributed by atoms with E-state index >= 15 is 0 Å². The maximum Gasteiger partial charge on any atom is 0.230 e. The third-order valence-corrected chi connectivity index (χ3v) is 4.91. The Morgan fingerprint density at radius 2 is 0.875 bits per heavy atom. The number of rotatable bonds is 6. The summed E-state index contributed by atoms with van der Waals surface area (Å²) in [7, 11) is -7.43. The van der Waals surface area contributed by atoms with Gasteiger partial charge in [-0.1, -0.05) is 0 Å². The van der Waals surface area contributed by atoms with Crippen molar-refractivity contribution in [2.75, 3.05) is 22.0 Å². The minimum atomic E-state index is -3.72. The van der Waals surface area contributed by atoms with Crippen LogP contribution in [0, 0.1) is 23.3 Å². The minimum absolute atomic E-state index is 0.258. The number of sulfonamides is 2. The van der Waals surface area contributed by atoms with E-state index < -0.39 is 66.8 Å². The summed E-state index contributed by atoms with van der Waals surface area (Å²) in [5, 5.41) is 0. The van der Waals surface area contributed by atoms with Crippen LogP contribution in [-0.2, 0) is 20.0 Å². The molecule has 32 heavy (non-hydrogen) atoms. The molecule has 0 saturated heterocycles. The maximum absolute atomic E-state index is 13.4. The van der Waals surface area contributed by atoms with Crippen molar-refractivity contribution in [2.45, 2.75) is 25.9 Å². The third-order valence-electron chi connectivity index (χ3n) is 3.76. The molecule has 0 aromatic heterocycles. The van der Waals surface area contributed by atoms with Crippen LogP contribution in [0.1, 0.15) is 37.1 Å². The van der Waals surface area contributed by atoms with Crippen LogP contribution in [0.15, 0.2) is 24.3 Å². The van der Waals surface area contributed by atoms with Gasteiger partial charge in [-0.05, 0) is 49.2 Å². The molecule has 2 rings (SSSR count). The number of benzene rings is 2. The van der Waals surface area contributed by atoms with Crippen LogP contribution >= 0.6 is 0 Å². The molecular formula is C18H24F4N4O4S2. The van der Waals surface area contributed by atoms with Gasteiger partial charge in [0.1, 0.15) is 11.4 Å². The van der Waals surface area contributed by atoms with Gasteiger partial charge >= 0.3 is 0 Å². The standard InChI is InChI=1S/2C9H12F2N2O2S/c2*1-5(12)6-3-7(10)9(8(11)4-6)13-16(2,14)15/h2*3-5,13H,12H2,1-2H3/t2*5-/m11/s1. The fraction of sp³-hybridized carbons (Fsp3) is 0.333. The van der Waals surface area contributed by atoms with Gasteiger partial charge in [-0.15, -0.1) is 0 Å². The fourth-order valence-electron chi connectivity index (χ4n) is 2.28. The number of nitrogens with two attached hydrogens (primary N) is 2. The molecule has 14 heteroatoms. The van der Waals surface area contributed by atoms with Crippen LogP contribution in [0.3, 0.4) is 0 Å². The van der Waals surface area contributed by atoms with Crippen molar-refractivity contribution in [1.29, 1.82) is 0 Å². The number of nitrogens with one attached hydrogen (secondary N) is 2. The predicted octanol–water partition coefficient (Wildman–Crippen LogP) is 2.71. The highest BCUT2D eigenvalue weighted by molar-refractivity contribution is 7.92. The molecule has 0 saturated carbocycles. The lowest BCUT2D eigenvalue weighted by Gasteiger charge is -2.11. The highest BCUT2D eigenvalue weighted by atomic mass is 32.2. The van der Waals surface area contributed by atoms with Crippen molar-refractivity contribution in [3.05, 3.63) is 58.7 Å². The lowest BCUT2D eigenvalue weighted by molar-refractivity contribution is 0.579. The van der Waals surface area contributed by atoms with Crippen LogP contribution in [-0.4, -0.2) is 29.3 Å². The minimum Gasteiger partial charge on any atom is -0.324 e. The molecule has 0 bridgehead atoms. The molecule has 180 valence electrons. The molecule has 0 radical (unpaired) electrons. The average molecular weight is 501 g/mol. The molecular weight excluding hydrogens is 476 g/mol. The zero-order chi connectivity index (χ0) is 25.0. The first-order chi connectivity index (χ1) is 14.4. The normalized spacial score (nSPS) is 13.6. The van der Waals surface area contributed by atoms with Crippen molar-refractivity contribution in [1.82, 2.24) is 0 Å². The SMILES string of the molecule is C[C@@H](N)c1cc(F)c(NS(C)(=O)=O)c(F)c1.C[C@@H](N)c1cc(F)c(NS(C)(=O)=O)c(F)c1. The molecule has 6 N–H and O–H groups in total. The van der Waals surface area contributed by atoms with Crippen LogP contribution < -0.4 is 20.9 Å². The second-order valence-electron chi connectivity index (χ2n) is 7.04. The van der Waals surface area contributed by atoms with E-state index in [-0.39, 0.29) is 11.1 Å². The van der Waals surface area contributed by atoms with Gasteiger partial charge in [-0.2, -0.15) is 0 Å². The topological polar surface area (TPSA) is 144 Å². The van der Waals surface area contributed by atoms with Gasteiger partial charge in [0.05, 0.1) is 12.5 Å². The van der Waals surface area contributed by atoms with Gasteiger partial charge in [0.15, 0.2) is 23.3 Å². The predicted molar refractivity (Wildman–Crippen MR) is 115 cm³/mol. The van der Waals surface area contributed by atoms with Gasteiger partial charge in [0.2, 0.25) is 20.0 Å². The van der Waals surface area contributed by atoms with Crippen molar-refractivity contribution in [3.8, 4) is 0 Å². The van der Waals surface area contributed by atoms with Gasteiger partial charge in [0.25, 0.3) is 0 Å². The van der Waals surface area contributed by atoms with E-state index in [4.69, 9.17) is 11.5 Å². The molecule has 0 aliphatic rings. The van der Waals surface area contributed by atoms with Crippen molar-refractivity contribution in [3.63, 3.8) is 0 Å². The smallest absolute Gasteiger partial charge is 0.230 e. The van der Waals surface area contributed by atoms with E-state index in [9.17, 15) is 34.4 Å². The molecule has 0 amide bonds. The van der Waals surface area contributed by atoms with E-state index in [1.165, 1.54) is 0 Å². The van der Waals surface area contributed by atoms with Gasteiger partial charge in [-0.25, -0.2) is 34.4 Å².